The molecule has 4 nitrogen and oxygen atoms in total. The van der Waals surface area contributed by atoms with Gasteiger partial charge in [-0.05, 0) is 74.7 Å². The molecule has 0 radical (unpaired) electrons. The van der Waals surface area contributed by atoms with E-state index in [0.29, 0.717) is 20.3 Å². The third kappa shape index (κ3) is 3.84. The molecule has 0 heterocycles. The fraction of sp³-hybridized carbons (Fsp3) is 0.143. The predicted octanol–water partition coefficient (Wildman–Crippen LogP) is 5.06. The van der Waals surface area contributed by atoms with E-state index in [1.165, 1.54) is 19.2 Å². The zero-order chi connectivity index (χ0) is 16.5. The van der Waals surface area contributed by atoms with Crippen molar-refractivity contribution in [3.63, 3.8) is 0 Å². The number of halogens is 3. The van der Waals surface area contributed by atoms with Gasteiger partial charge < -0.3 is 8.92 Å². The maximum atomic E-state index is 12.4. The Labute approximate surface area is 154 Å². The number of hydrogen-bond acceptors (Lipinski definition) is 4. The average molecular weight is 515 g/mol. The summed E-state index contributed by atoms with van der Waals surface area (Å²) in [5, 5.41) is 0. The first-order valence-electron chi connectivity index (χ1n) is 5.98. The minimum atomic E-state index is -3.95. The van der Waals surface area contributed by atoms with Crippen LogP contribution in [0.15, 0.2) is 48.6 Å². The molecule has 0 bridgehead atoms. The van der Waals surface area contributed by atoms with E-state index in [1.807, 2.05) is 0 Å². The molecule has 0 saturated heterocycles. The van der Waals surface area contributed by atoms with E-state index in [4.69, 9.17) is 8.92 Å². The van der Waals surface area contributed by atoms with E-state index in [1.54, 1.807) is 25.1 Å². The minimum absolute atomic E-state index is 0.0625. The predicted molar refractivity (Wildman–Crippen MR) is 95.1 cm³/mol. The van der Waals surface area contributed by atoms with Crippen LogP contribution in [0, 0.1) is 6.92 Å². The van der Waals surface area contributed by atoms with Crippen LogP contribution in [-0.4, -0.2) is 15.5 Å². The number of ether oxygens (including phenoxy) is 1. The highest BCUT2D eigenvalue weighted by molar-refractivity contribution is 9.11. The number of benzene rings is 2. The van der Waals surface area contributed by atoms with Crippen molar-refractivity contribution < 1.29 is 17.3 Å². The first-order valence-corrected chi connectivity index (χ1v) is 9.77. The summed E-state index contributed by atoms with van der Waals surface area (Å²) in [5.74, 6) is 0.807. The molecule has 0 amide bonds. The van der Waals surface area contributed by atoms with Crippen LogP contribution in [-0.2, 0) is 10.1 Å². The van der Waals surface area contributed by atoms with Gasteiger partial charge in [-0.3, -0.25) is 0 Å². The Bertz CT molecular complexity index is 796. The van der Waals surface area contributed by atoms with Crippen LogP contribution in [0.2, 0.25) is 0 Å². The molecular formula is C14H11Br3O4S. The van der Waals surface area contributed by atoms with E-state index >= 15 is 0 Å². The average Bonchev–Trinajstić information content (AvgIpc) is 2.42. The van der Waals surface area contributed by atoms with Gasteiger partial charge in [0.2, 0.25) is 0 Å². The molecule has 2 aromatic rings. The van der Waals surface area contributed by atoms with Crippen LogP contribution in [0.25, 0.3) is 0 Å². The highest BCUT2D eigenvalue weighted by atomic mass is 79.9. The summed E-state index contributed by atoms with van der Waals surface area (Å²) < 4.78 is 37.0. The first-order chi connectivity index (χ1) is 10.2. The first kappa shape index (κ1) is 17.8. The van der Waals surface area contributed by atoms with E-state index < -0.39 is 10.1 Å². The second-order valence-corrected chi connectivity index (χ2v) is 8.54. The molecule has 0 aliphatic rings. The number of rotatable bonds is 4. The SMILES string of the molecule is COc1ccc(S(=O)(=O)Oc2c(Br)cc(Br)cc2Br)cc1C. The van der Waals surface area contributed by atoms with Gasteiger partial charge >= 0.3 is 10.1 Å². The molecule has 0 fully saturated rings. The summed E-state index contributed by atoms with van der Waals surface area (Å²) in [5.41, 5.74) is 0.709. The largest absolute Gasteiger partial charge is 0.496 e. The molecule has 118 valence electrons. The standard InChI is InChI=1S/C14H11Br3O4S/c1-8-5-10(3-4-13(8)20-2)22(18,19)21-14-11(16)6-9(15)7-12(14)17/h3-7H,1-2H3. The Balaban J connectivity index is 2.42. The molecule has 8 heteroatoms. The van der Waals surface area contributed by atoms with E-state index in [2.05, 4.69) is 47.8 Å². The summed E-state index contributed by atoms with van der Waals surface area (Å²) in [4.78, 5) is 0.0625. The van der Waals surface area contributed by atoms with Crippen molar-refractivity contribution in [1.29, 1.82) is 0 Å². The lowest BCUT2D eigenvalue weighted by Gasteiger charge is -2.12. The summed E-state index contributed by atoms with van der Waals surface area (Å²) in [6.45, 7) is 1.77. The zero-order valence-electron chi connectivity index (χ0n) is 11.6. The number of aryl methyl sites for hydroxylation is 1. The van der Waals surface area contributed by atoms with Gasteiger partial charge in [-0.15, -0.1) is 0 Å². The van der Waals surface area contributed by atoms with Gasteiger partial charge in [-0.1, -0.05) is 15.9 Å². The highest BCUT2D eigenvalue weighted by Gasteiger charge is 2.21. The monoisotopic (exact) mass is 512 g/mol. The smallest absolute Gasteiger partial charge is 0.339 e. The third-order valence-electron chi connectivity index (χ3n) is 2.81. The van der Waals surface area contributed by atoms with Crippen molar-refractivity contribution in [2.75, 3.05) is 7.11 Å². The summed E-state index contributed by atoms with van der Waals surface area (Å²) in [6, 6.07) is 7.96. The van der Waals surface area contributed by atoms with Crippen molar-refractivity contribution in [1.82, 2.24) is 0 Å². The third-order valence-corrected chi connectivity index (χ3v) is 5.66. The van der Waals surface area contributed by atoms with Crippen LogP contribution >= 0.6 is 47.8 Å². The normalized spacial score (nSPS) is 11.3. The Morgan fingerprint density at radius 1 is 1.00 bits per heavy atom. The molecule has 0 saturated carbocycles. The molecule has 0 spiro atoms. The second-order valence-electron chi connectivity index (χ2n) is 4.37. The van der Waals surface area contributed by atoms with Crippen LogP contribution < -0.4 is 8.92 Å². The Morgan fingerprint density at radius 3 is 2.09 bits per heavy atom. The fourth-order valence-corrected chi connectivity index (χ4v) is 5.46. The molecule has 0 unspecified atom stereocenters. The molecular weight excluding hydrogens is 504 g/mol. The molecule has 0 atom stereocenters. The molecule has 0 N–H and O–H groups in total. The maximum absolute atomic E-state index is 12.4. The number of hydrogen-bond donors (Lipinski definition) is 0. The molecule has 0 aliphatic carbocycles. The van der Waals surface area contributed by atoms with Gasteiger partial charge in [0.15, 0.2) is 5.75 Å². The minimum Gasteiger partial charge on any atom is -0.496 e. The second kappa shape index (κ2) is 6.90. The summed E-state index contributed by atoms with van der Waals surface area (Å²) in [6.07, 6.45) is 0. The van der Waals surface area contributed by atoms with E-state index in [9.17, 15) is 8.42 Å². The quantitative estimate of drug-likeness (QED) is 0.535. The molecule has 0 aliphatic heterocycles. The van der Waals surface area contributed by atoms with Gasteiger partial charge in [0.05, 0.1) is 16.1 Å². The van der Waals surface area contributed by atoms with Gasteiger partial charge in [0.25, 0.3) is 0 Å². The van der Waals surface area contributed by atoms with E-state index in [0.717, 1.165) is 4.47 Å². The van der Waals surface area contributed by atoms with Gasteiger partial charge in [-0.2, -0.15) is 8.42 Å². The lowest BCUT2D eigenvalue weighted by Crippen LogP contribution is -2.11. The van der Waals surface area contributed by atoms with Gasteiger partial charge in [-0.25, -0.2) is 0 Å². The maximum Gasteiger partial charge on any atom is 0.339 e. The lowest BCUT2D eigenvalue weighted by molar-refractivity contribution is 0.411. The van der Waals surface area contributed by atoms with Crippen molar-refractivity contribution in [3.05, 3.63) is 49.3 Å². The van der Waals surface area contributed by atoms with Gasteiger partial charge in [0.1, 0.15) is 10.6 Å². The van der Waals surface area contributed by atoms with E-state index in [-0.39, 0.29) is 10.6 Å². The van der Waals surface area contributed by atoms with Crippen LogP contribution in [0.3, 0.4) is 0 Å². The Hall–Kier alpha value is -0.570. The molecule has 2 rings (SSSR count). The highest BCUT2D eigenvalue weighted by Crippen LogP contribution is 2.38. The van der Waals surface area contributed by atoms with Crippen molar-refractivity contribution >= 4 is 57.9 Å². The fourth-order valence-electron chi connectivity index (χ4n) is 1.77. The number of methoxy groups -OCH3 is 1. The summed E-state index contributed by atoms with van der Waals surface area (Å²) >= 11 is 9.90. The van der Waals surface area contributed by atoms with Crippen molar-refractivity contribution in [2.45, 2.75) is 11.8 Å². The lowest BCUT2D eigenvalue weighted by atomic mass is 10.2. The summed E-state index contributed by atoms with van der Waals surface area (Å²) in [7, 11) is -2.42. The van der Waals surface area contributed by atoms with Gasteiger partial charge in [0, 0.05) is 4.47 Å². The van der Waals surface area contributed by atoms with Crippen LogP contribution in [0.4, 0.5) is 0 Å². The zero-order valence-corrected chi connectivity index (χ0v) is 17.1. The molecule has 2 aromatic carbocycles. The van der Waals surface area contributed by atoms with Crippen molar-refractivity contribution in [2.24, 2.45) is 0 Å². The van der Waals surface area contributed by atoms with Crippen LogP contribution in [0.5, 0.6) is 11.5 Å². The molecule has 0 aromatic heterocycles. The topological polar surface area (TPSA) is 52.6 Å². The Morgan fingerprint density at radius 2 is 1.59 bits per heavy atom. The van der Waals surface area contributed by atoms with Crippen LogP contribution in [0.1, 0.15) is 5.56 Å². The Kier molecular flexibility index (Phi) is 5.58. The van der Waals surface area contributed by atoms with Crippen molar-refractivity contribution in [3.8, 4) is 11.5 Å². The molecule has 22 heavy (non-hydrogen) atoms.